The van der Waals surface area contributed by atoms with E-state index in [0.717, 1.165) is 0 Å². The van der Waals surface area contributed by atoms with Gasteiger partial charge in [0.15, 0.2) is 0 Å². The molecule has 1 atom stereocenters. The number of hydrogen-bond donors (Lipinski definition) is 0. The molecule has 0 aromatic heterocycles. The van der Waals surface area contributed by atoms with Crippen LogP contribution in [-0.2, 0) is 0 Å². The van der Waals surface area contributed by atoms with E-state index >= 15 is 0 Å². The summed E-state index contributed by atoms with van der Waals surface area (Å²) in [5.41, 5.74) is 1.03. The molecule has 0 amide bonds. The summed E-state index contributed by atoms with van der Waals surface area (Å²) in [7, 11) is 0. The zero-order chi connectivity index (χ0) is 12.9. The summed E-state index contributed by atoms with van der Waals surface area (Å²) in [5.74, 6) is 0. The van der Waals surface area contributed by atoms with Crippen molar-refractivity contribution in [3.63, 3.8) is 0 Å². The second-order valence-corrected chi connectivity index (χ2v) is 6.69. The van der Waals surface area contributed by atoms with Gasteiger partial charge in [-0.2, -0.15) is 0 Å². The molecule has 0 aromatic carbocycles. The maximum Gasteiger partial charge on any atom is 0.0153 e. The smallest absolute Gasteiger partial charge is 0.0153 e. The van der Waals surface area contributed by atoms with E-state index in [0.29, 0.717) is 11.0 Å². The van der Waals surface area contributed by atoms with Crippen LogP contribution in [0.2, 0.25) is 0 Å². The van der Waals surface area contributed by atoms with Gasteiger partial charge in [-0.3, -0.25) is 4.90 Å². The Balaban J connectivity index is 2.70. The van der Waals surface area contributed by atoms with E-state index in [1.165, 1.54) is 58.0 Å². The number of likely N-dealkylation sites (tertiary alicyclic amines) is 1. The Morgan fingerprint density at radius 2 is 1.82 bits per heavy atom. The first-order valence-corrected chi connectivity index (χ1v) is 7.75. The first kappa shape index (κ1) is 15.0. The molecule has 0 aliphatic carbocycles. The minimum atomic E-state index is 0.406. The van der Waals surface area contributed by atoms with E-state index in [4.69, 9.17) is 0 Å². The van der Waals surface area contributed by atoms with Crippen LogP contribution in [0, 0.1) is 5.41 Å². The molecule has 0 bridgehead atoms. The fourth-order valence-electron chi connectivity index (χ4n) is 3.69. The van der Waals surface area contributed by atoms with E-state index in [9.17, 15) is 0 Å². The quantitative estimate of drug-likeness (QED) is 0.640. The Hall–Kier alpha value is -0.0400. The molecule has 1 aliphatic heterocycles. The van der Waals surface area contributed by atoms with Gasteiger partial charge in [0, 0.05) is 12.1 Å². The summed E-state index contributed by atoms with van der Waals surface area (Å²) >= 11 is 0. The molecule has 1 heterocycles. The van der Waals surface area contributed by atoms with Crippen LogP contribution < -0.4 is 0 Å². The van der Waals surface area contributed by atoms with Crippen molar-refractivity contribution < 1.29 is 0 Å². The van der Waals surface area contributed by atoms with Crippen molar-refractivity contribution in [1.29, 1.82) is 0 Å². The molecule has 1 saturated heterocycles. The molecule has 1 heteroatoms. The van der Waals surface area contributed by atoms with Crippen LogP contribution in [0.5, 0.6) is 0 Å². The molecule has 1 nitrogen and oxygen atoms in total. The summed E-state index contributed by atoms with van der Waals surface area (Å²) in [6, 6.07) is 0. The third-order valence-electron chi connectivity index (χ3n) is 4.91. The second kappa shape index (κ2) is 6.22. The van der Waals surface area contributed by atoms with Crippen LogP contribution >= 0.6 is 0 Å². The van der Waals surface area contributed by atoms with Crippen LogP contribution in [0.25, 0.3) is 0 Å². The van der Waals surface area contributed by atoms with Gasteiger partial charge in [0.05, 0.1) is 0 Å². The second-order valence-electron chi connectivity index (χ2n) is 6.69. The van der Waals surface area contributed by atoms with Crippen molar-refractivity contribution in [3.05, 3.63) is 0 Å². The van der Waals surface area contributed by atoms with E-state index in [2.05, 4.69) is 39.5 Å². The fourth-order valence-corrected chi connectivity index (χ4v) is 3.69. The number of rotatable bonds is 6. The molecule has 102 valence electrons. The fraction of sp³-hybridized carbons (Fsp3) is 1.00. The molecule has 0 radical (unpaired) electrons. The molecule has 1 unspecified atom stereocenters. The van der Waals surface area contributed by atoms with Crippen LogP contribution in [0.1, 0.15) is 79.6 Å². The predicted molar refractivity (Wildman–Crippen MR) is 77.4 cm³/mol. The van der Waals surface area contributed by atoms with Crippen LogP contribution in [0.3, 0.4) is 0 Å². The highest BCUT2D eigenvalue weighted by Crippen LogP contribution is 2.40. The van der Waals surface area contributed by atoms with E-state index < -0.39 is 0 Å². The van der Waals surface area contributed by atoms with Gasteiger partial charge in [0.1, 0.15) is 0 Å². The summed E-state index contributed by atoms with van der Waals surface area (Å²) in [6.45, 7) is 14.6. The highest BCUT2D eigenvalue weighted by molar-refractivity contribution is 4.92. The van der Waals surface area contributed by atoms with Crippen molar-refractivity contribution in [3.8, 4) is 0 Å². The topological polar surface area (TPSA) is 3.24 Å². The molecular weight excluding hydrogens is 206 g/mol. The lowest BCUT2D eigenvalue weighted by molar-refractivity contribution is 0.00540. The zero-order valence-corrected chi connectivity index (χ0v) is 12.8. The van der Waals surface area contributed by atoms with Crippen LogP contribution in [0.4, 0.5) is 0 Å². The summed E-state index contributed by atoms with van der Waals surface area (Å²) in [6.07, 6.45) is 9.62. The summed E-state index contributed by atoms with van der Waals surface area (Å²) in [4.78, 5) is 2.78. The standard InChI is InChI=1S/C16H33N/c1-6-10-15(4,5)17-13-9-12-16(8-3,14-17)11-7-2/h6-14H2,1-5H3. The molecule has 0 saturated carbocycles. The van der Waals surface area contributed by atoms with Gasteiger partial charge in [0.25, 0.3) is 0 Å². The van der Waals surface area contributed by atoms with Gasteiger partial charge in [-0.1, -0.05) is 33.6 Å². The lowest BCUT2D eigenvalue weighted by Crippen LogP contribution is -2.52. The van der Waals surface area contributed by atoms with Crippen molar-refractivity contribution in [2.75, 3.05) is 13.1 Å². The van der Waals surface area contributed by atoms with E-state index in [1.54, 1.807) is 0 Å². The Morgan fingerprint density at radius 1 is 1.12 bits per heavy atom. The van der Waals surface area contributed by atoms with Gasteiger partial charge >= 0.3 is 0 Å². The molecule has 1 aliphatic rings. The first-order valence-electron chi connectivity index (χ1n) is 7.75. The lowest BCUT2D eigenvalue weighted by atomic mass is 9.73. The molecule has 0 aromatic rings. The Morgan fingerprint density at radius 3 is 2.35 bits per heavy atom. The Kier molecular flexibility index (Phi) is 5.50. The van der Waals surface area contributed by atoms with Gasteiger partial charge < -0.3 is 0 Å². The Bertz CT molecular complexity index is 218. The molecular formula is C16H33N. The number of piperidine rings is 1. The molecule has 1 rings (SSSR count). The minimum Gasteiger partial charge on any atom is -0.298 e. The normalized spacial score (nSPS) is 27.4. The van der Waals surface area contributed by atoms with Crippen molar-refractivity contribution in [1.82, 2.24) is 4.90 Å². The third kappa shape index (κ3) is 3.71. The minimum absolute atomic E-state index is 0.406. The first-order chi connectivity index (χ1) is 7.99. The maximum absolute atomic E-state index is 2.78. The van der Waals surface area contributed by atoms with Crippen molar-refractivity contribution >= 4 is 0 Å². The van der Waals surface area contributed by atoms with E-state index in [-0.39, 0.29) is 0 Å². The average molecular weight is 239 g/mol. The van der Waals surface area contributed by atoms with Crippen molar-refractivity contribution in [2.24, 2.45) is 5.41 Å². The monoisotopic (exact) mass is 239 g/mol. The number of nitrogens with zero attached hydrogens (tertiary/aromatic N) is 1. The average Bonchev–Trinajstić information content (AvgIpc) is 2.30. The molecule has 17 heavy (non-hydrogen) atoms. The molecule has 1 fully saturated rings. The Labute approximate surface area is 109 Å². The van der Waals surface area contributed by atoms with Crippen molar-refractivity contribution in [2.45, 2.75) is 85.1 Å². The van der Waals surface area contributed by atoms with Gasteiger partial charge in [0.2, 0.25) is 0 Å². The largest absolute Gasteiger partial charge is 0.298 e. The predicted octanol–water partition coefficient (Wildman–Crippen LogP) is 4.86. The lowest BCUT2D eigenvalue weighted by Gasteiger charge is -2.49. The highest BCUT2D eigenvalue weighted by atomic mass is 15.2. The SMILES string of the molecule is CCCC1(CC)CCCN(C(C)(C)CCC)C1. The highest BCUT2D eigenvalue weighted by Gasteiger charge is 2.37. The molecule has 0 N–H and O–H groups in total. The van der Waals surface area contributed by atoms with Gasteiger partial charge in [-0.25, -0.2) is 0 Å². The number of hydrogen-bond acceptors (Lipinski definition) is 1. The zero-order valence-electron chi connectivity index (χ0n) is 12.8. The molecule has 0 spiro atoms. The summed E-state index contributed by atoms with van der Waals surface area (Å²) < 4.78 is 0. The van der Waals surface area contributed by atoms with Crippen LogP contribution in [0.15, 0.2) is 0 Å². The third-order valence-corrected chi connectivity index (χ3v) is 4.91. The van der Waals surface area contributed by atoms with E-state index in [1.807, 2.05) is 0 Å². The maximum atomic E-state index is 2.78. The van der Waals surface area contributed by atoms with Crippen LogP contribution in [-0.4, -0.2) is 23.5 Å². The van der Waals surface area contributed by atoms with Gasteiger partial charge in [-0.15, -0.1) is 0 Å². The van der Waals surface area contributed by atoms with Gasteiger partial charge in [-0.05, 0) is 57.9 Å². The summed E-state index contributed by atoms with van der Waals surface area (Å²) in [5, 5.41) is 0.